The van der Waals surface area contributed by atoms with Crippen molar-refractivity contribution in [3.8, 4) is 0 Å². The lowest BCUT2D eigenvalue weighted by Gasteiger charge is -2.21. The fourth-order valence-electron chi connectivity index (χ4n) is 3.80. The van der Waals surface area contributed by atoms with E-state index in [0.29, 0.717) is 0 Å². The normalized spacial score (nSPS) is 17.0. The molecule has 4 nitrogen and oxygen atoms in total. The van der Waals surface area contributed by atoms with Crippen molar-refractivity contribution in [3.05, 3.63) is 52.2 Å². The van der Waals surface area contributed by atoms with Crippen LogP contribution in [0.2, 0.25) is 0 Å². The molecule has 0 saturated heterocycles. The van der Waals surface area contributed by atoms with E-state index >= 15 is 0 Å². The summed E-state index contributed by atoms with van der Waals surface area (Å²) in [6, 6.07) is 7.84. The number of benzene rings is 1. The average molecular weight is 366 g/mol. The van der Waals surface area contributed by atoms with Gasteiger partial charge in [0.25, 0.3) is 0 Å². The van der Waals surface area contributed by atoms with Crippen LogP contribution in [-0.2, 0) is 16.0 Å². The highest BCUT2D eigenvalue weighted by Crippen LogP contribution is 2.35. The van der Waals surface area contributed by atoms with Crippen molar-refractivity contribution in [1.82, 2.24) is 0 Å². The summed E-state index contributed by atoms with van der Waals surface area (Å²) >= 11 is 1.60. The molecular weight excluding hydrogens is 344 g/mol. The van der Waals surface area contributed by atoms with Crippen LogP contribution in [0.3, 0.4) is 0 Å². The summed E-state index contributed by atoms with van der Waals surface area (Å²) in [5.41, 5.74) is 3.90. The molecule has 2 heterocycles. The lowest BCUT2D eigenvalue weighted by molar-refractivity contribution is -0.122. The number of hydrogen-bond donors (Lipinski definition) is 1. The van der Waals surface area contributed by atoms with Crippen LogP contribution in [0.15, 0.2) is 41.1 Å². The lowest BCUT2D eigenvalue weighted by atomic mass is 10.1. The number of fused-ring (bicyclic) bond motifs is 1. The van der Waals surface area contributed by atoms with E-state index < -0.39 is 0 Å². The number of thiophene rings is 1. The first kappa shape index (κ1) is 17.0. The molecule has 1 saturated carbocycles. The number of carbonyl (C=O) groups is 2. The van der Waals surface area contributed by atoms with Gasteiger partial charge in [0.15, 0.2) is 0 Å². The summed E-state index contributed by atoms with van der Waals surface area (Å²) in [5.74, 6) is 0.262. The fraction of sp³-hybridized carbons (Fsp3) is 0.333. The molecule has 1 aliphatic carbocycles. The fourth-order valence-corrected chi connectivity index (χ4v) is 4.43. The molecule has 26 heavy (non-hydrogen) atoms. The predicted octanol–water partition coefficient (Wildman–Crippen LogP) is 4.48. The maximum atomic E-state index is 12.8. The molecule has 2 amide bonds. The zero-order valence-corrected chi connectivity index (χ0v) is 15.4. The Bertz CT molecular complexity index is 836. The number of carbonyl (C=O) groups excluding carboxylic acids is 2. The van der Waals surface area contributed by atoms with Gasteiger partial charge in [0, 0.05) is 29.9 Å². The van der Waals surface area contributed by atoms with E-state index in [1.165, 1.54) is 11.6 Å². The number of rotatable bonds is 4. The molecule has 5 heteroatoms. The van der Waals surface area contributed by atoms with E-state index in [0.717, 1.165) is 55.6 Å². The van der Waals surface area contributed by atoms with E-state index in [1.807, 2.05) is 39.9 Å². The molecule has 2 aliphatic rings. The van der Waals surface area contributed by atoms with Gasteiger partial charge in [-0.05, 0) is 65.4 Å². The molecule has 1 aromatic heterocycles. The molecule has 2 aromatic rings. The van der Waals surface area contributed by atoms with Crippen LogP contribution in [0.4, 0.5) is 11.4 Å². The highest BCUT2D eigenvalue weighted by atomic mass is 32.1. The largest absolute Gasteiger partial charge is 0.322 e. The molecule has 1 N–H and O–H groups in total. The Balaban J connectivity index is 1.47. The maximum Gasteiger partial charge on any atom is 0.248 e. The van der Waals surface area contributed by atoms with E-state index in [1.54, 1.807) is 17.4 Å². The summed E-state index contributed by atoms with van der Waals surface area (Å²) in [6.07, 6.45) is 8.56. The quantitative estimate of drug-likeness (QED) is 0.811. The number of nitrogens with one attached hydrogen (secondary N) is 1. The Morgan fingerprint density at radius 2 is 2.04 bits per heavy atom. The Morgan fingerprint density at radius 3 is 2.81 bits per heavy atom. The van der Waals surface area contributed by atoms with Crippen LogP contribution in [0.25, 0.3) is 6.08 Å². The minimum Gasteiger partial charge on any atom is -0.322 e. The van der Waals surface area contributed by atoms with E-state index in [2.05, 4.69) is 5.32 Å². The lowest BCUT2D eigenvalue weighted by Crippen LogP contribution is -2.33. The topological polar surface area (TPSA) is 49.4 Å². The van der Waals surface area contributed by atoms with Crippen LogP contribution in [0, 0.1) is 5.92 Å². The zero-order chi connectivity index (χ0) is 17.9. The van der Waals surface area contributed by atoms with Crippen molar-refractivity contribution in [2.24, 2.45) is 5.92 Å². The molecule has 1 fully saturated rings. The van der Waals surface area contributed by atoms with Crippen LogP contribution in [0.5, 0.6) is 0 Å². The van der Waals surface area contributed by atoms with Gasteiger partial charge < -0.3 is 10.2 Å². The Labute approximate surface area is 157 Å². The number of nitrogens with zero attached hydrogens (tertiary/aromatic N) is 1. The summed E-state index contributed by atoms with van der Waals surface area (Å²) < 4.78 is 0. The van der Waals surface area contributed by atoms with Gasteiger partial charge in [0.1, 0.15) is 0 Å². The van der Waals surface area contributed by atoms with Crippen LogP contribution < -0.4 is 10.2 Å². The third-order valence-electron chi connectivity index (χ3n) is 5.19. The Kier molecular flexibility index (Phi) is 4.89. The zero-order valence-electron chi connectivity index (χ0n) is 14.6. The number of hydrogen-bond acceptors (Lipinski definition) is 3. The molecule has 1 aliphatic heterocycles. The van der Waals surface area contributed by atoms with Crippen LogP contribution in [0.1, 0.15) is 36.8 Å². The summed E-state index contributed by atoms with van der Waals surface area (Å²) in [4.78, 5) is 26.9. The van der Waals surface area contributed by atoms with Crippen molar-refractivity contribution in [3.63, 3.8) is 0 Å². The molecule has 0 spiro atoms. The van der Waals surface area contributed by atoms with Crippen LogP contribution in [-0.4, -0.2) is 18.4 Å². The molecule has 1 aromatic carbocycles. The number of amides is 2. The van der Waals surface area contributed by atoms with Crippen LogP contribution >= 0.6 is 11.3 Å². The van der Waals surface area contributed by atoms with Gasteiger partial charge in [0.05, 0.1) is 0 Å². The van der Waals surface area contributed by atoms with Gasteiger partial charge in [0.2, 0.25) is 11.8 Å². The first-order chi connectivity index (χ1) is 12.7. The summed E-state index contributed by atoms with van der Waals surface area (Å²) in [6.45, 7) is 0.750. The second-order valence-corrected chi connectivity index (χ2v) is 7.72. The molecular formula is C21H22N2O2S. The summed E-state index contributed by atoms with van der Waals surface area (Å²) in [5, 5.41) is 6.87. The maximum absolute atomic E-state index is 12.8. The SMILES string of the molecule is O=C(/C=C/c1ccsc1)Nc1ccc2c(c1)N(C(=O)C1CCCC1)CC2. The predicted molar refractivity (Wildman–Crippen MR) is 106 cm³/mol. The van der Waals surface area contributed by atoms with Gasteiger partial charge in [-0.15, -0.1) is 0 Å². The second kappa shape index (κ2) is 7.46. The van der Waals surface area contributed by atoms with Crippen molar-refractivity contribution in [1.29, 1.82) is 0 Å². The smallest absolute Gasteiger partial charge is 0.248 e. The van der Waals surface area contributed by atoms with E-state index in [-0.39, 0.29) is 17.7 Å². The molecule has 4 rings (SSSR count). The van der Waals surface area contributed by atoms with Gasteiger partial charge in [-0.1, -0.05) is 18.9 Å². The third-order valence-corrected chi connectivity index (χ3v) is 5.89. The standard InChI is InChI=1S/C21H22N2O2S/c24-20(8-5-15-10-12-26-14-15)22-18-7-6-16-9-11-23(19(16)13-18)21(25)17-3-1-2-4-17/h5-8,10,12-14,17H,1-4,9,11H2,(H,22,24)/b8-5+. The van der Waals surface area contributed by atoms with Crippen molar-refractivity contribution in [2.45, 2.75) is 32.1 Å². The number of anilines is 2. The van der Waals surface area contributed by atoms with Gasteiger partial charge in [-0.2, -0.15) is 11.3 Å². The molecule has 0 radical (unpaired) electrons. The van der Waals surface area contributed by atoms with Crippen molar-refractivity contribution >= 4 is 40.6 Å². The van der Waals surface area contributed by atoms with Crippen molar-refractivity contribution < 1.29 is 9.59 Å². The minimum absolute atomic E-state index is 0.164. The highest BCUT2D eigenvalue weighted by Gasteiger charge is 2.31. The molecule has 134 valence electrons. The monoisotopic (exact) mass is 366 g/mol. The Hall–Kier alpha value is -2.40. The first-order valence-electron chi connectivity index (χ1n) is 9.16. The summed E-state index contributed by atoms with van der Waals surface area (Å²) in [7, 11) is 0. The molecule has 0 unspecified atom stereocenters. The van der Waals surface area contributed by atoms with Crippen molar-refractivity contribution in [2.75, 3.05) is 16.8 Å². The Morgan fingerprint density at radius 1 is 1.19 bits per heavy atom. The highest BCUT2D eigenvalue weighted by molar-refractivity contribution is 7.08. The van der Waals surface area contributed by atoms with E-state index in [9.17, 15) is 9.59 Å². The molecule has 0 atom stereocenters. The third kappa shape index (κ3) is 3.58. The van der Waals surface area contributed by atoms with Gasteiger partial charge in [-0.3, -0.25) is 9.59 Å². The average Bonchev–Trinajstić information content (AvgIpc) is 3.40. The van der Waals surface area contributed by atoms with E-state index in [4.69, 9.17) is 0 Å². The first-order valence-corrected chi connectivity index (χ1v) is 10.1. The minimum atomic E-state index is -0.164. The van der Waals surface area contributed by atoms with Gasteiger partial charge >= 0.3 is 0 Å². The molecule has 0 bridgehead atoms. The van der Waals surface area contributed by atoms with Gasteiger partial charge in [-0.25, -0.2) is 0 Å². The second-order valence-electron chi connectivity index (χ2n) is 6.94.